The van der Waals surface area contributed by atoms with E-state index in [9.17, 15) is 17.2 Å². The maximum Gasteiger partial charge on any atom is 0.243 e. The topological polar surface area (TPSA) is 58.2 Å². The Morgan fingerprint density at radius 1 is 1.37 bits per heavy atom. The molecule has 1 aliphatic rings. The van der Waals surface area contributed by atoms with Crippen LogP contribution < -0.4 is 10.0 Å². The lowest BCUT2D eigenvalue weighted by atomic mass is 10.2. The molecule has 19 heavy (non-hydrogen) atoms. The second-order valence-electron chi connectivity index (χ2n) is 4.55. The summed E-state index contributed by atoms with van der Waals surface area (Å²) in [6, 6.07) is 2.67. The van der Waals surface area contributed by atoms with Gasteiger partial charge in [-0.3, -0.25) is 0 Å². The quantitative estimate of drug-likeness (QED) is 0.861. The third-order valence-corrected chi connectivity index (χ3v) is 4.61. The van der Waals surface area contributed by atoms with E-state index in [1.807, 2.05) is 0 Å². The van der Waals surface area contributed by atoms with E-state index >= 15 is 0 Å². The van der Waals surface area contributed by atoms with Crippen LogP contribution in [0, 0.1) is 11.6 Å². The zero-order chi connectivity index (χ0) is 13.9. The molecule has 0 aliphatic carbocycles. The maximum atomic E-state index is 13.4. The number of halogens is 2. The molecule has 2 N–H and O–H groups in total. The molecule has 1 aliphatic heterocycles. The molecule has 7 heteroatoms. The predicted molar refractivity (Wildman–Crippen MR) is 67.2 cm³/mol. The van der Waals surface area contributed by atoms with E-state index in [0.29, 0.717) is 18.5 Å². The van der Waals surface area contributed by atoms with Gasteiger partial charge in [0, 0.05) is 12.6 Å². The molecule has 2 rings (SSSR count). The molecule has 1 aromatic carbocycles. The van der Waals surface area contributed by atoms with Crippen LogP contribution >= 0.6 is 0 Å². The van der Waals surface area contributed by atoms with E-state index < -0.39 is 26.6 Å². The van der Waals surface area contributed by atoms with Crippen LogP contribution in [0.3, 0.4) is 0 Å². The molecule has 4 nitrogen and oxygen atoms in total. The molecule has 1 saturated heterocycles. The first-order valence-electron chi connectivity index (χ1n) is 6.17. The average molecular weight is 290 g/mol. The molecule has 0 bridgehead atoms. The first kappa shape index (κ1) is 14.4. The summed E-state index contributed by atoms with van der Waals surface area (Å²) in [5.74, 6) is -1.73. The summed E-state index contributed by atoms with van der Waals surface area (Å²) in [6.07, 6.45) is 2.72. The number of nitrogens with one attached hydrogen (secondary N) is 2. The van der Waals surface area contributed by atoms with E-state index in [1.54, 1.807) is 0 Å². The first-order valence-corrected chi connectivity index (χ1v) is 7.65. The molecule has 0 saturated carbocycles. The van der Waals surface area contributed by atoms with Gasteiger partial charge in [-0.1, -0.05) is 0 Å². The van der Waals surface area contributed by atoms with Gasteiger partial charge in [-0.05, 0) is 44.0 Å². The number of hydrogen-bond acceptors (Lipinski definition) is 3. The van der Waals surface area contributed by atoms with E-state index in [4.69, 9.17) is 0 Å². The Kier molecular flexibility index (Phi) is 4.49. The molecule has 1 atom stereocenters. The summed E-state index contributed by atoms with van der Waals surface area (Å²) >= 11 is 0. The van der Waals surface area contributed by atoms with Crippen LogP contribution in [0.15, 0.2) is 23.1 Å². The molecule has 0 aromatic heterocycles. The zero-order valence-electron chi connectivity index (χ0n) is 10.3. The lowest BCUT2D eigenvalue weighted by Gasteiger charge is -2.11. The van der Waals surface area contributed by atoms with Crippen LogP contribution in [0.5, 0.6) is 0 Å². The summed E-state index contributed by atoms with van der Waals surface area (Å²) in [5.41, 5.74) is 0. The second kappa shape index (κ2) is 5.94. The van der Waals surface area contributed by atoms with Crippen LogP contribution in [-0.4, -0.2) is 27.5 Å². The highest BCUT2D eigenvalue weighted by molar-refractivity contribution is 7.89. The molecule has 106 valence electrons. The number of sulfonamides is 1. The normalized spacial score (nSPS) is 19.8. The Morgan fingerprint density at radius 2 is 2.16 bits per heavy atom. The van der Waals surface area contributed by atoms with Gasteiger partial charge in [0.2, 0.25) is 10.0 Å². The summed E-state index contributed by atoms with van der Waals surface area (Å²) in [7, 11) is -4.00. The van der Waals surface area contributed by atoms with Gasteiger partial charge in [-0.25, -0.2) is 21.9 Å². The third kappa shape index (κ3) is 3.71. The molecular weight excluding hydrogens is 274 g/mol. The molecular formula is C12H16F2N2O2S. The molecule has 1 aromatic rings. The maximum absolute atomic E-state index is 13.4. The van der Waals surface area contributed by atoms with Crippen LogP contribution in [0.4, 0.5) is 8.78 Å². The molecule has 1 heterocycles. The van der Waals surface area contributed by atoms with Crippen molar-refractivity contribution in [3.8, 4) is 0 Å². The van der Waals surface area contributed by atoms with Crippen molar-refractivity contribution in [1.29, 1.82) is 0 Å². The largest absolute Gasteiger partial charge is 0.314 e. The lowest BCUT2D eigenvalue weighted by Crippen LogP contribution is -2.31. The second-order valence-corrected chi connectivity index (χ2v) is 6.29. The van der Waals surface area contributed by atoms with Gasteiger partial charge in [-0.15, -0.1) is 0 Å². The van der Waals surface area contributed by atoms with Crippen LogP contribution in [0.1, 0.15) is 19.3 Å². The minimum absolute atomic E-state index is 0.204. The van der Waals surface area contributed by atoms with Crippen molar-refractivity contribution in [2.45, 2.75) is 30.2 Å². The van der Waals surface area contributed by atoms with Gasteiger partial charge in [0.25, 0.3) is 0 Å². The Balaban J connectivity index is 1.99. The fraction of sp³-hybridized carbons (Fsp3) is 0.500. The van der Waals surface area contributed by atoms with Gasteiger partial charge in [-0.2, -0.15) is 0 Å². The van der Waals surface area contributed by atoms with Crippen molar-refractivity contribution in [1.82, 2.24) is 10.0 Å². The van der Waals surface area contributed by atoms with E-state index in [-0.39, 0.29) is 6.54 Å². The molecule has 0 radical (unpaired) electrons. The molecule has 1 fully saturated rings. The highest BCUT2D eigenvalue weighted by atomic mass is 32.2. The van der Waals surface area contributed by atoms with Gasteiger partial charge in [0.1, 0.15) is 16.5 Å². The molecule has 0 unspecified atom stereocenters. The Hall–Kier alpha value is -1.05. The van der Waals surface area contributed by atoms with E-state index in [0.717, 1.165) is 31.5 Å². The van der Waals surface area contributed by atoms with Crippen molar-refractivity contribution < 1.29 is 17.2 Å². The van der Waals surface area contributed by atoms with Crippen molar-refractivity contribution in [3.63, 3.8) is 0 Å². The lowest BCUT2D eigenvalue weighted by molar-refractivity contribution is 0.528. The monoisotopic (exact) mass is 290 g/mol. The van der Waals surface area contributed by atoms with Crippen LogP contribution in [-0.2, 0) is 10.0 Å². The highest BCUT2D eigenvalue weighted by Gasteiger charge is 2.20. The van der Waals surface area contributed by atoms with Gasteiger partial charge in [0.05, 0.1) is 0 Å². The number of rotatable bonds is 5. The molecule has 0 amide bonds. The minimum Gasteiger partial charge on any atom is -0.314 e. The standard InChI is InChI=1S/C12H16F2N2O2S/c13-9-3-4-11(14)12(8-9)19(17,18)16-7-5-10-2-1-6-15-10/h3-4,8,10,15-16H,1-2,5-7H2/t10-/m0/s1. The van der Waals surface area contributed by atoms with Crippen LogP contribution in [0.2, 0.25) is 0 Å². The summed E-state index contributed by atoms with van der Waals surface area (Å²) < 4.78 is 52.3. The zero-order valence-corrected chi connectivity index (χ0v) is 11.1. The Labute approximate surface area is 111 Å². The van der Waals surface area contributed by atoms with Crippen molar-refractivity contribution in [3.05, 3.63) is 29.8 Å². The van der Waals surface area contributed by atoms with Gasteiger partial charge in [0.15, 0.2) is 0 Å². The highest BCUT2D eigenvalue weighted by Crippen LogP contribution is 2.16. The van der Waals surface area contributed by atoms with Crippen LogP contribution in [0.25, 0.3) is 0 Å². The SMILES string of the molecule is O=S(=O)(NCC[C@@H]1CCCN1)c1cc(F)ccc1F. The van der Waals surface area contributed by atoms with Gasteiger partial charge < -0.3 is 5.32 Å². The van der Waals surface area contributed by atoms with Crippen molar-refractivity contribution in [2.24, 2.45) is 0 Å². The Bertz CT molecular complexity index is 543. The Morgan fingerprint density at radius 3 is 2.84 bits per heavy atom. The summed E-state index contributed by atoms with van der Waals surface area (Å²) in [6.45, 7) is 1.14. The fourth-order valence-corrected chi connectivity index (χ4v) is 3.27. The van der Waals surface area contributed by atoms with Crippen molar-refractivity contribution in [2.75, 3.05) is 13.1 Å². The van der Waals surface area contributed by atoms with E-state index in [2.05, 4.69) is 10.0 Å². The molecule has 0 spiro atoms. The van der Waals surface area contributed by atoms with E-state index in [1.165, 1.54) is 0 Å². The van der Waals surface area contributed by atoms with Crippen molar-refractivity contribution >= 4 is 10.0 Å². The average Bonchev–Trinajstić information content (AvgIpc) is 2.85. The predicted octanol–water partition coefficient (Wildman–Crippen LogP) is 1.39. The number of hydrogen-bond donors (Lipinski definition) is 2. The smallest absolute Gasteiger partial charge is 0.243 e. The summed E-state index contributed by atoms with van der Waals surface area (Å²) in [4.78, 5) is -0.646. The fourth-order valence-electron chi connectivity index (χ4n) is 2.13. The first-order chi connectivity index (χ1) is 8.99. The van der Waals surface area contributed by atoms with Gasteiger partial charge >= 0.3 is 0 Å². The minimum atomic E-state index is -4.00. The third-order valence-electron chi connectivity index (χ3n) is 3.13. The number of benzene rings is 1. The summed E-state index contributed by atoms with van der Waals surface area (Å²) in [5, 5.41) is 3.23.